The van der Waals surface area contributed by atoms with Crippen LogP contribution in [0.3, 0.4) is 0 Å². The summed E-state index contributed by atoms with van der Waals surface area (Å²) in [4.78, 5) is 2.34. The Kier molecular flexibility index (Phi) is 2.39. The van der Waals surface area contributed by atoms with E-state index in [1.807, 2.05) is 17.9 Å². The molecule has 0 saturated heterocycles. The lowest BCUT2D eigenvalue weighted by atomic mass is 9.98. The van der Waals surface area contributed by atoms with Crippen molar-refractivity contribution >= 4 is 5.69 Å². The molecule has 3 rings (SSSR count). The molecule has 1 aromatic carbocycles. The van der Waals surface area contributed by atoms with Gasteiger partial charge in [-0.05, 0) is 36.6 Å². The third-order valence-electron chi connectivity index (χ3n) is 3.55. The van der Waals surface area contributed by atoms with Crippen molar-refractivity contribution in [1.82, 2.24) is 9.78 Å². The van der Waals surface area contributed by atoms with Gasteiger partial charge in [0.2, 0.25) is 0 Å². The molecule has 0 bridgehead atoms. The minimum Gasteiger partial charge on any atom is -0.374 e. The van der Waals surface area contributed by atoms with E-state index in [1.165, 1.54) is 35.3 Å². The SMILES string of the molecule is CN1CCCc2cc(-c3ccnn3C)ccc21. The maximum atomic E-state index is 4.23. The molecule has 2 heterocycles. The summed E-state index contributed by atoms with van der Waals surface area (Å²) < 4.78 is 1.92. The maximum Gasteiger partial charge on any atom is 0.0679 e. The highest BCUT2D eigenvalue weighted by Crippen LogP contribution is 2.30. The summed E-state index contributed by atoms with van der Waals surface area (Å²) in [6.45, 7) is 1.16. The van der Waals surface area contributed by atoms with E-state index in [4.69, 9.17) is 0 Å². The number of hydrogen-bond acceptors (Lipinski definition) is 2. The van der Waals surface area contributed by atoms with Gasteiger partial charge in [-0.3, -0.25) is 4.68 Å². The predicted molar refractivity (Wildman–Crippen MR) is 70.2 cm³/mol. The minimum atomic E-state index is 1.16. The molecule has 0 spiro atoms. The van der Waals surface area contributed by atoms with Crippen LogP contribution in [0.25, 0.3) is 11.3 Å². The Morgan fingerprint density at radius 3 is 2.82 bits per heavy atom. The lowest BCUT2D eigenvalue weighted by molar-refractivity contribution is 0.743. The van der Waals surface area contributed by atoms with Crippen LogP contribution in [-0.4, -0.2) is 23.4 Å². The van der Waals surface area contributed by atoms with Gasteiger partial charge in [0, 0.05) is 38.1 Å². The first-order valence-corrected chi connectivity index (χ1v) is 6.08. The standard InChI is InChI=1S/C14H17N3/c1-16-9-3-4-11-10-12(5-6-13(11)16)14-7-8-15-17(14)2/h5-8,10H,3-4,9H2,1-2H3. The second-order valence-corrected chi connectivity index (χ2v) is 4.71. The molecule has 3 nitrogen and oxygen atoms in total. The number of nitrogens with zero attached hydrogens (tertiary/aromatic N) is 3. The quantitative estimate of drug-likeness (QED) is 0.746. The summed E-state index contributed by atoms with van der Waals surface area (Å²) in [7, 11) is 4.16. The molecule has 1 aromatic heterocycles. The summed E-state index contributed by atoms with van der Waals surface area (Å²) in [5.74, 6) is 0. The number of anilines is 1. The van der Waals surface area contributed by atoms with Gasteiger partial charge in [0.25, 0.3) is 0 Å². The van der Waals surface area contributed by atoms with Crippen LogP contribution in [0.2, 0.25) is 0 Å². The number of aryl methyl sites for hydroxylation is 2. The van der Waals surface area contributed by atoms with E-state index in [9.17, 15) is 0 Å². The van der Waals surface area contributed by atoms with Gasteiger partial charge < -0.3 is 4.90 Å². The Hall–Kier alpha value is -1.77. The van der Waals surface area contributed by atoms with Gasteiger partial charge in [0.1, 0.15) is 0 Å². The molecule has 0 amide bonds. The average molecular weight is 227 g/mol. The molecule has 0 unspecified atom stereocenters. The van der Waals surface area contributed by atoms with Crippen LogP contribution in [0.1, 0.15) is 12.0 Å². The fourth-order valence-electron chi connectivity index (χ4n) is 2.60. The van der Waals surface area contributed by atoms with Crippen LogP contribution in [0.15, 0.2) is 30.5 Å². The molecule has 0 saturated carbocycles. The molecule has 1 aliphatic heterocycles. The molecule has 0 N–H and O–H groups in total. The van der Waals surface area contributed by atoms with Crippen molar-refractivity contribution in [3.8, 4) is 11.3 Å². The van der Waals surface area contributed by atoms with Gasteiger partial charge >= 0.3 is 0 Å². The zero-order valence-electron chi connectivity index (χ0n) is 10.3. The van der Waals surface area contributed by atoms with Gasteiger partial charge in [-0.2, -0.15) is 5.10 Å². The third kappa shape index (κ3) is 1.71. The highest BCUT2D eigenvalue weighted by Gasteiger charge is 2.14. The fourth-order valence-corrected chi connectivity index (χ4v) is 2.60. The number of rotatable bonds is 1. The van der Waals surface area contributed by atoms with Crippen LogP contribution in [0.4, 0.5) is 5.69 Å². The number of hydrogen-bond donors (Lipinski definition) is 0. The molecule has 0 radical (unpaired) electrons. The summed E-state index contributed by atoms with van der Waals surface area (Å²) in [6.07, 6.45) is 4.28. The Labute approximate surface area is 102 Å². The molecule has 0 aliphatic carbocycles. The van der Waals surface area contributed by atoms with E-state index >= 15 is 0 Å². The Balaban J connectivity index is 2.07. The molecule has 3 heteroatoms. The van der Waals surface area contributed by atoms with Crippen molar-refractivity contribution in [2.24, 2.45) is 7.05 Å². The predicted octanol–water partition coefficient (Wildman–Crippen LogP) is 2.47. The Bertz CT molecular complexity index is 542. The molecule has 17 heavy (non-hydrogen) atoms. The summed E-state index contributed by atoms with van der Waals surface area (Å²) >= 11 is 0. The highest BCUT2D eigenvalue weighted by atomic mass is 15.3. The van der Waals surface area contributed by atoms with Crippen molar-refractivity contribution in [2.45, 2.75) is 12.8 Å². The first-order chi connectivity index (χ1) is 8.25. The highest BCUT2D eigenvalue weighted by molar-refractivity contribution is 5.67. The van der Waals surface area contributed by atoms with Crippen molar-refractivity contribution in [3.63, 3.8) is 0 Å². The zero-order chi connectivity index (χ0) is 11.8. The molecule has 1 aliphatic rings. The Morgan fingerprint density at radius 2 is 2.06 bits per heavy atom. The summed E-state index contributed by atoms with van der Waals surface area (Å²) in [5.41, 5.74) is 5.28. The van der Waals surface area contributed by atoms with Crippen LogP contribution in [0.5, 0.6) is 0 Å². The van der Waals surface area contributed by atoms with Gasteiger partial charge in [-0.1, -0.05) is 6.07 Å². The first kappa shape index (κ1) is 10.4. The van der Waals surface area contributed by atoms with Crippen molar-refractivity contribution in [3.05, 3.63) is 36.0 Å². The largest absolute Gasteiger partial charge is 0.374 e. The van der Waals surface area contributed by atoms with Crippen LogP contribution in [-0.2, 0) is 13.5 Å². The lowest BCUT2D eigenvalue weighted by Gasteiger charge is -2.27. The topological polar surface area (TPSA) is 21.1 Å². The number of benzene rings is 1. The first-order valence-electron chi connectivity index (χ1n) is 6.08. The fraction of sp³-hybridized carbons (Fsp3) is 0.357. The molecular formula is C14H17N3. The number of aromatic nitrogens is 2. The Morgan fingerprint density at radius 1 is 1.18 bits per heavy atom. The second-order valence-electron chi connectivity index (χ2n) is 4.71. The normalized spacial score (nSPS) is 14.8. The van der Waals surface area contributed by atoms with Gasteiger partial charge in [0.15, 0.2) is 0 Å². The van der Waals surface area contributed by atoms with E-state index in [0.29, 0.717) is 0 Å². The van der Waals surface area contributed by atoms with Crippen molar-refractivity contribution < 1.29 is 0 Å². The summed E-state index contributed by atoms with van der Waals surface area (Å²) in [6, 6.07) is 8.80. The van der Waals surface area contributed by atoms with Crippen LogP contribution in [0, 0.1) is 0 Å². The molecule has 0 atom stereocenters. The monoisotopic (exact) mass is 227 g/mol. The zero-order valence-corrected chi connectivity index (χ0v) is 10.3. The molecular weight excluding hydrogens is 210 g/mol. The van der Waals surface area contributed by atoms with Gasteiger partial charge in [-0.25, -0.2) is 0 Å². The van der Waals surface area contributed by atoms with Gasteiger partial charge in [0.05, 0.1) is 5.69 Å². The molecule has 0 fully saturated rings. The van der Waals surface area contributed by atoms with Crippen molar-refractivity contribution in [2.75, 3.05) is 18.5 Å². The van der Waals surface area contributed by atoms with E-state index in [0.717, 1.165) is 6.54 Å². The van der Waals surface area contributed by atoms with Gasteiger partial charge in [-0.15, -0.1) is 0 Å². The van der Waals surface area contributed by atoms with Crippen LogP contribution >= 0.6 is 0 Å². The average Bonchev–Trinajstić information content (AvgIpc) is 2.75. The number of fused-ring (bicyclic) bond motifs is 1. The molecule has 2 aromatic rings. The van der Waals surface area contributed by atoms with E-state index in [-0.39, 0.29) is 0 Å². The smallest absolute Gasteiger partial charge is 0.0679 e. The van der Waals surface area contributed by atoms with E-state index in [2.05, 4.69) is 41.3 Å². The second kappa shape index (κ2) is 3.91. The maximum absolute atomic E-state index is 4.23. The minimum absolute atomic E-state index is 1.16. The summed E-state index contributed by atoms with van der Waals surface area (Å²) in [5, 5.41) is 4.23. The third-order valence-corrected chi connectivity index (χ3v) is 3.55. The van der Waals surface area contributed by atoms with E-state index in [1.54, 1.807) is 0 Å². The van der Waals surface area contributed by atoms with Crippen LogP contribution < -0.4 is 4.90 Å². The lowest BCUT2D eigenvalue weighted by Crippen LogP contribution is -2.24. The van der Waals surface area contributed by atoms with E-state index < -0.39 is 0 Å². The van der Waals surface area contributed by atoms with Crippen molar-refractivity contribution in [1.29, 1.82) is 0 Å². The molecule has 88 valence electrons.